The second-order valence-electron chi connectivity index (χ2n) is 3.95. The summed E-state index contributed by atoms with van der Waals surface area (Å²) in [4.78, 5) is 16.1. The van der Waals surface area contributed by atoms with E-state index < -0.39 is 0 Å². The fourth-order valence-electron chi connectivity index (χ4n) is 1.65. The minimum Gasteiger partial charge on any atom is -0.348 e. The number of rotatable bonds is 3. The van der Waals surface area contributed by atoms with Gasteiger partial charge in [0.05, 0.1) is 5.56 Å². The van der Waals surface area contributed by atoms with Gasteiger partial charge in [0.25, 0.3) is 5.91 Å². The van der Waals surface area contributed by atoms with Crippen LogP contribution in [0.25, 0.3) is 0 Å². The minimum absolute atomic E-state index is 0.0967. The molecule has 0 spiro atoms. The van der Waals surface area contributed by atoms with Gasteiger partial charge in [-0.3, -0.25) is 9.78 Å². The molecule has 1 aromatic carbocycles. The van der Waals surface area contributed by atoms with E-state index in [4.69, 9.17) is 0 Å². The maximum Gasteiger partial charge on any atom is 0.253 e. The van der Waals surface area contributed by atoms with Gasteiger partial charge in [-0.1, -0.05) is 28.1 Å². The Morgan fingerprint density at radius 2 is 2.17 bits per heavy atom. The van der Waals surface area contributed by atoms with Gasteiger partial charge < -0.3 is 5.32 Å². The third kappa shape index (κ3) is 3.17. The van der Waals surface area contributed by atoms with Crippen molar-refractivity contribution in [1.29, 1.82) is 0 Å². The highest BCUT2D eigenvalue weighted by Crippen LogP contribution is 2.11. The molecule has 18 heavy (non-hydrogen) atoms. The molecule has 1 heterocycles. The van der Waals surface area contributed by atoms with Gasteiger partial charge in [-0.05, 0) is 36.8 Å². The lowest BCUT2D eigenvalue weighted by Crippen LogP contribution is -2.23. The van der Waals surface area contributed by atoms with Crippen LogP contribution < -0.4 is 5.32 Å². The molecule has 0 aliphatic rings. The third-order valence-corrected chi connectivity index (χ3v) is 3.09. The number of nitrogens with one attached hydrogen (secondary N) is 1. The average Bonchev–Trinajstić information content (AvgIpc) is 2.37. The molecule has 0 bridgehead atoms. The van der Waals surface area contributed by atoms with Gasteiger partial charge in [-0.25, -0.2) is 0 Å². The van der Waals surface area contributed by atoms with Crippen molar-refractivity contribution in [3.63, 3.8) is 0 Å². The first kappa shape index (κ1) is 12.8. The van der Waals surface area contributed by atoms with Gasteiger partial charge in [0, 0.05) is 22.9 Å². The lowest BCUT2D eigenvalue weighted by Gasteiger charge is -2.07. The summed E-state index contributed by atoms with van der Waals surface area (Å²) in [6, 6.07) is 11.4. The van der Waals surface area contributed by atoms with Crippen molar-refractivity contribution in [2.75, 3.05) is 0 Å². The molecular formula is C14H13BrN2O. The van der Waals surface area contributed by atoms with Crippen LogP contribution in [-0.4, -0.2) is 10.9 Å². The highest BCUT2D eigenvalue weighted by atomic mass is 79.9. The molecular weight excluding hydrogens is 292 g/mol. The molecule has 3 nitrogen and oxygen atoms in total. The Balaban J connectivity index is 2.03. The second-order valence-corrected chi connectivity index (χ2v) is 4.86. The van der Waals surface area contributed by atoms with E-state index in [1.54, 1.807) is 18.3 Å². The Labute approximate surface area is 114 Å². The molecule has 92 valence electrons. The van der Waals surface area contributed by atoms with Crippen LogP contribution in [-0.2, 0) is 6.54 Å². The van der Waals surface area contributed by atoms with Crippen LogP contribution in [0.3, 0.4) is 0 Å². The van der Waals surface area contributed by atoms with Gasteiger partial charge in [-0.15, -0.1) is 0 Å². The van der Waals surface area contributed by atoms with Crippen molar-refractivity contribution in [3.05, 3.63) is 63.9 Å². The third-order valence-electron chi connectivity index (χ3n) is 2.59. The van der Waals surface area contributed by atoms with E-state index in [9.17, 15) is 4.79 Å². The number of halogens is 1. The molecule has 1 N–H and O–H groups in total. The first-order valence-corrected chi connectivity index (χ1v) is 6.40. The molecule has 2 rings (SSSR count). The number of aryl methyl sites for hydroxylation is 1. The van der Waals surface area contributed by atoms with Crippen molar-refractivity contribution in [3.8, 4) is 0 Å². The van der Waals surface area contributed by atoms with E-state index in [2.05, 4.69) is 26.2 Å². The predicted octanol–water partition coefficient (Wildman–Crippen LogP) is 3.08. The number of hydrogen-bond acceptors (Lipinski definition) is 2. The standard InChI is InChI=1S/C14H13BrN2O/c1-10-13(6-3-7-16-10)14(18)17-9-11-4-2-5-12(15)8-11/h2-8H,9H2,1H3,(H,17,18). The van der Waals surface area contributed by atoms with Gasteiger partial charge in [0.15, 0.2) is 0 Å². The van der Waals surface area contributed by atoms with Gasteiger partial charge in [0.1, 0.15) is 0 Å². The Morgan fingerprint density at radius 1 is 1.33 bits per heavy atom. The summed E-state index contributed by atoms with van der Waals surface area (Å²) in [5.74, 6) is -0.0967. The Bertz CT molecular complexity index is 569. The summed E-state index contributed by atoms with van der Waals surface area (Å²) < 4.78 is 1.01. The number of aromatic nitrogens is 1. The first-order chi connectivity index (χ1) is 8.66. The van der Waals surface area contributed by atoms with Crippen LogP contribution >= 0.6 is 15.9 Å². The number of pyridine rings is 1. The molecule has 0 aliphatic heterocycles. The fourth-order valence-corrected chi connectivity index (χ4v) is 2.10. The lowest BCUT2D eigenvalue weighted by molar-refractivity contribution is 0.0950. The van der Waals surface area contributed by atoms with E-state index >= 15 is 0 Å². The molecule has 0 saturated carbocycles. The highest BCUT2D eigenvalue weighted by Gasteiger charge is 2.08. The SMILES string of the molecule is Cc1ncccc1C(=O)NCc1cccc(Br)c1. The number of carbonyl (C=O) groups excluding carboxylic acids is 1. The van der Waals surface area contributed by atoms with E-state index in [0.29, 0.717) is 12.1 Å². The summed E-state index contributed by atoms with van der Waals surface area (Å²) in [6.45, 7) is 2.33. The molecule has 4 heteroatoms. The van der Waals surface area contributed by atoms with Crippen molar-refractivity contribution >= 4 is 21.8 Å². The summed E-state index contributed by atoms with van der Waals surface area (Å²) in [6.07, 6.45) is 1.68. The molecule has 2 aromatic rings. The lowest BCUT2D eigenvalue weighted by atomic mass is 10.2. The molecule has 0 fully saturated rings. The molecule has 0 radical (unpaired) electrons. The smallest absolute Gasteiger partial charge is 0.253 e. The molecule has 1 amide bonds. The van der Waals surface area contributed by atoms with Crippen molar-refractivity contribution in [1.82, 2.24) is 10.3 Å². The number of nitrogens with zero attached hydrogens (tertiary/aromatic N) is 1. The van der Waals surface area contributed by atoms with E-state index in [1.165, 1.54) is 0 Å². The van der Waals surface area contributed by atoms with Gasteiger partial charge in [-0.2, -0.15) is 0 Å². The summed E-state index contributed by atoms with van der Waals surface area (Å²) in [5, 5.41) is 2.88. The largest absolute Gasteiger partial charge is 0.348 e. The first-order valence-electron chi connectivity index (χ1n) is 5.61. The quantitative estimate of drug-likeness (QED) is 0.947. The number of hydrogen-bond donors (Lipinski definition) is 1. The summed E-state index contributed by atoms with van der Waals surface area (Å²) >= 11 is 3.40. The summed E-state index contributed by atoms with van der Waals surface area (Å²) in [5.41, 5.74) is 2.41. The summed E-state index contributed by atoms with van der Waals surface area (Å²) in [7, 11) is 0. The van der Waals surface area contributed by atoms with Gasteiger partial charge in [0.2, 0.25) is 0 Å². The van der Waals surface area contributed by atoms with Crippen LogP contribution in [0.15, 0.2) is 47.1 Å². The van der Waals surface area contributed by atoms with Crippen LogP contribution in [0.4, 0.5) is 0 Å². The van der Waals surface area contributed by atoms with Gasteiger partial charge >= 0.3 is 0 Å². The molecule has 1 aromatic heterocycles. The fraction of sp³-hybridized carbons (Fsp3) is 0.143. The molecule has 0 aliphatic carbocycles. The monoisotopic (exact) mass is 304 g/mol. The molecule has 0 unspecified atom stereocenters. The topological polar surface area (TPSA) is 42.0 Å². The van der Waals surface area contributed by atoms with Crippen LogP contribution in [0.2, 0.25) is 0 Å². The van der Waals surface area contributed by atoms with E-state index in [0.717, 1.165) is 15.7 Å². The Morgan fingerprint density at radius 3 is 2.89 bits per heavy atom. The number of amides is 1. The zero-order valence-electron chi connectivity index (χ0n) is 9.98. The molecule has 0 saturated heterocycles. The zero-order valence-corrected chi connectivity index (χ0v) is 11.6. The van der Waals surface area contributed by atoms with Crippen LogP contribution in [0.1, 0.15) is 21.6 Å². The number of carbonyl (C=O) groups is 1. The van der Waals surface area contributed by atoms with E-state index in [-0.39, 0.29) is 5.91 Å². The highest BCUT2D eigenvalue weighted by molar-refractivity contribution is 9.10. The Hall–Kier alpha value is -1.68. The maximum absolute atomic E-state index is 12.0. The van der Waals surface area contributed by atoms with Crippen LogP contribution in [0.5, 0.6) is 0 Å². The minimum atomic E-state index is -0.0967. The predicted molar refractivity (Wildman–Crippen MR) is 74.3 cm³/mol. The molecule has 0 atom stereocenters. The maximum atomic E-state index is 12.0. The average molecular weight is 305 g/mol. The number of benzene rings is 1. The Kier molecular flexibility index (Phi) is 4.10. The van der Waals surface area contributed by atoms with Crippen molar-refractivity contribution in [2.45, 2.75) is 13.5 Å². The second kappa shape index (κ2) is 5.78. The van der Waals surface area contributed by atoms with Crippen LogP contribution in [0, 0.1) is 6.92 Å². The van der Waals surface area contributed by atoms with Crippen molar-refractivity contribution in [2.24, 2.45) is 0 Å². The van der Waals surface area contributed by atoms with Crippen molar-refractivity contribution < 1.29 is 4.79 Å². The normalized spacial score (nSPS) is 10.1. The zero-order chi connectivity index (χ0) is 13.0. The van der Waals surface area contributed by atoms with E-state index in [1.807, 2.05) is 31.2 Å².